The molecule has 1 heterocycles. The third-order valence-corrected chi connectivity index (χ3v) is 0.535. The molecule has 9 heavy (non-hydrogen) atoms. The van der Waals surface area contributed by atoms with Crippen molar-refractivity contribution in [1.82, 2.24) is 15.4 Å². The first-order valence-corrected chi connectivity index (χ1v) is 2.72. The van der Waals surface area contributed by atoms with E-state index < -0.39 is 0 Å². The molecule has 0 aliphatic heterocycles. The van der Waals surface area contributed by atoms with Gasteiger partial charge >= 0.3 is 0 Å². The van der Waals surface area contributed by atoms with Gasteiger partial charge in [-0.3, -0.25) is 0 Å². The Balaban J connectivity index is -0.000000114. The van der Waals surface area contributed by atoms with Gasteiger partial charge in [-0.05, 0) is 6.92 Å². The topological polar surface area (TPSA) is 41.6 Å². The van der Waals surface area contributed by atoms with Crippen LogP contribution in [0.2, 0.25) is 0 Å². The molecule has 0 aliphatic carbocycles. The number of aromatic amines is 1. The normalized spacial score (nSPS) is 6.56. The predicted molar refractivity (Wildman–Crippen MR) is 45.0 cm³/mol. The third-order valence-electron chi connectivity index (χ3n) is 0.535. The number of H-pyrrole nitrogens is 1. The number of aryl methyl sites for hydroxylation is 1. The fraction of sp³-hybridized carbons (Fsp3) is 0.600. The van der Waals surface area contributed by atoms with E-state index in [1.54, 1.807) is 6.20 Å². The zero-order valence-corrected chi connectivity index (χ0v) is 6.97. The van der Waals surface area contributed by atoms with Gasteiger partial charge in [0, 0.05) is 1.43 Å². The summed E-state index contributed by atoms with van der Waals surface area (Å²) in [5.74, 6) is 0. The summed E-state index contributed by atoms with van der Waals surface area (Å²) in [6.45, 7) is 5.88. The largest absolute Gasteiger partial charge is 0.198 e. The molecule has 56 valence electrons. The molecule has 0 spiro atoms. The molecule has 0 bridgehead atoms. The number of aromatic nitrogens is 3. The lowest BCUT2D eigenvalue weighted by Gasteiger charge is -1.62. The number of rotatable bonds is 0. The van der Waals surface area contributed by atoms with Gasteiger partial charge in [0.05, 0.1) is 11.9 Å². The molecule has 4 heteroatoms. The molecule has 0 amide bonds. The Morgan fingerprint density at radius 3 is 2.22 bits per heavy atom. The van der Waals surface area contributed by atoms with Crippen LogP contribution in [0.4, 0.5) is 0 Å². The van der Waals surface area contributed by atoms with Crippen LogP contribution >= 0.6 is 13.5 Å². The quantitative estimate of drug-likeness (QED) is 0.607. The molecule has 0 radical (unpaired) electrons. The second kappa shape index (κ2) is 7.49. The summed E-state index contributed by atoms with van der Waals surface area (Å²) in [5, 5.41) is 9.70. The average Bonchev–Trinajstić information content (AvgIpc) is 2.24. The second-order valence-electron chi connectivity index (χ2n) is 1.11. The van der Waals surface area contributed by atoms with E-state index in [4.69, 9.17) is 0 Å². The summed E-state index contributed by atoms with van der Waals surface area (Å²) >= 11 is 0. The van der Waals surface area contributed by atoms with Gasteiger partial charge in [-0.25, -0.2) is 0 Å². The van der Waals surface area contributed by atoms with E-state index in [1.165, 1.54) is 0 Å². The Morgan fingerprint density at radius 2 is 2.11 bits per heavy atom. The van der Waals surface area contributed by atoms with Gasteiger partial charge in [0.15, 0.2) is 0 Å². The minimum absolute atomic E-state index is 0. The van der Waals surface area contributed by atoms with Gasteiger partial charge < -0.3 is 0 Å². The van der Waals surface area contributed by atoms with Crippen molar-refractivity contribution in [3.8, 4) is 0 Å². The summed E-state index contributed by atoms with van der Waals surface area (Å²) in [5.41, 5.74) is 0.926. The molecule has 1 rings (SSSR count). The Kier molecular flexibility index (Phi) is 9.41. The number of nitrogens with one attached hydrogen (secondary N) is 1. The number of hydrogen-bond acceptors (Lipinski definition) is 2. The molecule has 0 aromatic carbocycles. The Morgan fingerprint density at radius 1 is 1.56 bits per heavy atom. The fourth-order valence-corrected chi connectivity index (χ4v) is 0.259. The average molecular weight is 149 g/mol. The van der Waals surface area contributed by atoms with Crippen LogP contribution in [0.5, 0.6) is 0 Å². The van der Waals surface area contributed by atoms with Gasteiger partial charge in [-0.15, -0.1) is 0 Å². The molecule has 0 atom stereocenters. The molecule has 1 N–H and O–H groups in total. The Labute approximate surface area is 63.8 Å². The van der Waals surface area contributed by atoms with E-state index >= 15 is 0 Å². The minimum Gasteiger partial charge on any atom is -0.198 e. The molecular weight excluding hydrogens is 134 g/mol. The molecule has 0 fully saturated rings. The first-order valence-electron chi connectivity index (χ1n) is 2.72. The van der Waals surface area contributed by atoms with Crippen LogP contribution < -0.4 is 0 Å². The van der Waals surface area contributed by atoms with Crippen LogP contribution in [-0.2, 0) is 0 Å². The van der Waals surface area contributed by atoms with E-state index in [2.05, 4.69) is 15.4 Å². The third kappa shape index (κ3) is 5.36. The highest BCUT2D eigenvalue weighted by Crippen LogP contribution is 1.77. The summed E-state index contributed by atoms with van der Waals surface area (Å²) in [6, 6.07) is 0. The van der Waals surface area contributed by atoms with Crippen molar-refractivity contribution in [2.75, 3.05) is 0 Å². The molecule has 0 aliphatic rings. The summed E-state index contributed by atoms with van der Waals surface area (Å²) < 4.78 is 0. The van der Waals surface area contributed by atoms with Crippen molar-refractivity contribution in [1.29, 1.82) is 0 Å². The van der Waals surface area contributed by atoms with Gasteiger partial charge in [0.25, 0.3) is 0 Å². The van der Waals surface area contributed by atoms with Crippen molar-refractivity contribution in [3.05, 3.63) is 11.9 Å². The number of nitrogens with zero attached hydrogens (tertiary/aromatic N) is 2. The van der Waals surface area contributed by atoms with Crippen LogP contribution in [0.15, 0.2) is 6.20 Å². The minimum atomic E-state index is 0. The van der Waals surface area contributed by atoms with Crippen molar-refractivity contribution < 1.29 is 1.43 Å². The Bertz CT molecular complexity index is 120. The van der Waals surface area contributed by atoms with E-state index in [0.29, 0.717) is 0 Å². The van der Waals surface area contributed by atoms with Crippen LogP contribution in [0.3, 0.4) is 0 Å². The predicted octanol–water partition coefficient (Wildman–Crippen LogP) is 1.50. The van der Waals surface area contributed by atoms with Gasteiger partial charge in [0.2, 0.25) is 0 Å². The maximum atomic E-state index is 3.68. The van der Waals surface area contributed by atoms with Crippen molar-refractivity contribution in [2.45, 2.75) is 20.8 Å². The molecule has 0 saturated carbocycles. The SMILES string of the molecule is CC.Cc1cn[nH]n1.S.[HH]. The summed E-state index contributed by atoms with van der Waals surface area (Å²) in [7, 11) is 0. The van der Waals surface area contributed by atoms with Crippen LogP contribution in [0.1, 0.15) is 21.0 Å². The van der Waals surface area contributed by atoms with E-state index in [1.807, 2.05) is 20.8 Å². The van der Waals surface area contributed by atoms with Gasteiger partial charge in [0.1, 0.15) is 0 Å². The lowest BCUT2D eigenvalue weighted by molar-refractivity contribution is 0.928. The molecule has 3 nitrogen and oxygen atoms in total. The zero-order valence-electron chi connectivity index (χ0n) is 5.97. The fourth-order valence-electron chi connectivity index (χ4n) is 0.259. The van der Waals surface area contributed by atoms with Gasteiger partial charge in [-0.1, -0.05) is 13.8 Å². The zero-order chi connectivity index (χ0) is 6.41. The summed E-state index contributed by atoms with van der Waals surface area (Å²) in [6.07, 6.45) is 1.67. The van der Waals surface area contributed by atoms with Crippen molar-refractivity contribution in [2.24, 2.45) is 0 Å². The van der Waals surface area contributed by atoms with Crippen LogP contribution in [0.25, 0.3) is 0 Å². The highest BCUT2D eigenvalue weighted by Gasteiger charge is 1.76. The van der Waals surface area contributed by atoms with Crippen LogP contribution in [-0.4, -0.2) is 15.4 Å². The summed E-state index contributed by atoms with van der Waals surface area (Å²) in [4.78, 5) is 0. The standard InChI is InChI=1S/C3H5N3.C2H6.H2S.H2/c1-3-2-4-6-5-3;1-2;;/h2H,1H3,(H,4,5,6);1-2H3;1H2;1H. The lowest BCUT2D eigenvalue weighted by atomic mass is 10.6. The second-order valence-corrected chi connectivity index (χ2v) is 1.11. The molecule has 1 aromatic heterocycles. The highest BCUT2D eigenvalue weighted by molar-refractivity contribution is 7.59. The van der Waals surface area contributed by atoms with E-state index in [-0.39, 0.29) is 14.9 Å². The monoisotopic (exact) mass is 149 g/mol. The molecule has 0 unspecified atom stereocenters. The van der Waals surface area contributed by atoms with E-state index in [0.717, 1.165) is 5.69 Å². The Hall–Kier alpha value is -0.510. The van der Waals surface area contributed by atoms with E-state index in [9.17, 15) is 0 Å². The molecular formula is C5H15N3S. The van der Waals surface area contributed by atoms with Crippen molar-refractivity contribution >= 4 is 13.5 Å². The maximum absolute atomic E-state index is 3.68. The van der Waals surface area contributed by atoms with Crippen LogP contribution in [0, 0.1) is 6.92 Å². The molecule has 0 saturated heterocycles. The first-order chi connectivity index (χ1) is 3.89. The first kappa shape index (κ1) is 11.3. The maximum Gasteiger partial charge on any atom is 0.0793 e. The lowest BCUT2D eigenvalue weighted by Crippen LogP contribution is -1.66. The van der Waals surface area contributed by atoms with Gasteiger partial charge in [-0.2, -0.15) is 28.9 Å². The van der Waals surface area contributed by atoms with Crippen molar-refractivity contribution in [3.63, 3.8) is 0 Å². The molecule has 1 aromatic rings. The highest BCUT2D eigenvalue weighted by atomic mass is 32.1. The smallest absolute Gasteiger partial charge is 0.0793 e. The number of hydrogen-bond donors (Lipinski definition) is 1.